The first-order valence-corrected chi connectivity index (χ1v) is 4.55. The van der Waals surface area contributed by atoms with E-state index in [9.17, 15) is 0 Å². The van der Waals surface area contributed by atoms with Crippen molar-refractivity contribution >= 4 is 0 Å². The smallest absolute Gasteiger partial charge is 0.111 e. The van der Waals surface area contributed by atoms with Gasteiger partial charge in [0.15, 0.2) is 0 Å². The van der Waals surface area contributed by atoms with E-state index in [1.165, 1.54) is 17.7 Å². The third-order valence-corrected chi connectivity index (χ3v) is 2.51. The Morgan fingerprint density at radius 3 is 2.83 bits per heavy atom. The zero-order valence-corrected chi connectivity index (χ0v) is 7.68. The van der Waals surface area contributed by atoms with Crippen LogP contribution in [0.5, 0.6) is 0 Å². The van der Waals surface area contributed by atoms with Crippen molar-refractivity contribution in [2.24, 2.45) is 0 Å². The van der Waals surface area contributed by atoms with E-state index in [1.807, 2.05) is 6.92 Å². The minimum Gasteiger partial charge on any atom is -0.466 e. The number of hydrogen-bond acceptors (Lipinski definition) is 2. The molecule has 2 heterocycles. The number of furan rings is 1. The summed E-state index contributed by atoms with van der Waals surface area (Å²) in [6, 6.07) is 2.12. The highest BCUT2D eigenvalue weighted by atomic mass is 16.3. The number of nitrogens with one attached hydrogen (secondary N) is 1. The monoisotopic (exact) mass is 165 g/mol. The molecule has 1 atom stereocenters. The molecule has 1 unspecified atom stereocenters. The van der Waals surface area contributed by atoms with E-state index in [0.717, 1.165) is 18.8 Å². The normalized spacial score (nSPS) is 23.3. The maximum Gasteiger partial charge on any atom is 0.111 e. The molecule has 0 amide bonds. The van der Waals surface area contributed by atoms with Crippen LogP contribution >= 0.6 is 0 Å². The molecule has 0 spiro atoms. The van der Waals surface area contributed by atoms with Gasteiger partial charge >= 0.3 is 0 Å². The van der Waals surface area contributed by atoms with Crippen molar-refractivity contribution in [1.82, 2.24) is 5.32 Å². The van der Waals surface area contributed by atoms with Crippen molar-refractivity contribution in [1.29, 1.82) is 0 Å². The Hall–Kier alpha value is -0.760. The highest BCUT2D eigenvalue weighted by molar-refractivity contribution is 5.23. The molecule has 2 nitrogen and oxygen atoms in total. The Labute approximate surface area is 73.0 Å². The number of aryl methyl sites for hydroxylation is 2. The lowest BCUT2D eigenvalue weighted by molar-refractivity contribution is 0.450. The molecule has 1 aliphatic heterocycles. The van der Waals surface area contributed by atoms with Gasteiger partial charge in [-0.15, -0.1) is 0 Å². The molecule has 0 aliphatic carbocycles. The van der Waals surface area contributed by atoms with Crippen LogP contribution in [0.15, 0.2) is 10.5 Å². The Bertz CT molecular complexity index is 271. The lowest BCUT2D eigenvalue weighted by Crippen LogP contribution is -2.07. The fourth-order valence-corrected chi connectivity index (χ4v) is 1.94. The molecule has 1 aromatic heterocycles. The molecule has 1 aromatic rings. The summed E-state index contributed by atoms with van der Waals surface area (Å²) in [7, 11) is 0. The van der Waals surface area contributed by atoms with Gasteiger partial charge in [0, 0.05) is 12.5 Å². The Balaban J connectivity index is 2.25. The molecular formula is C10H15NO. The lowest BCUT2D eigenvalue weighted by Gasteiger charge is -2.04. The van der Waals surface area contributed by atoms with Gasteiger partial charge in [0.25, 0.3) is 0 Å². The summed E-state index contributed by atoms with van der Waals surface area (Å²) in [4.78, 5) is 0. The summed E-state index contributed by atoms with van der Waals surface area (Å²) < 4.78 is 5.66. The maximum absolute atomic E-state index is 5.66. The van der Waals surface area contributed by atoms with Gasteiger partial charge in [-0.1, -0.05) is 0 Å². The summed E-state index contributed by atoms with van der Waals surface area (Å²) in [5, 5.41) is 3.35. The second-order valence-corrected chi connectivity index (χ2v) is 3.59. The van der Waals surface area contributed by atoms with Gasteiger partial charge in [-0.05, 0) is 38.4 Å². The minimum absolute atomic E-state index is 0.610. The van der Waals surface area contributed by atoms with Crippen molar-refractivity contribution in [2.45, 2.75) is 26.2 Å². The molecule has 66 valence electrons. The van der Waals surface area contributed by atoms with E-state index in [1.54, 1.807) is 0 Å². The SMILES string of the molecule is Cc1cc(C)c(C2CCNC2)o1. The molecule has 2 rings (SSSR count). The molecule has 12 heavy (non-hydrogen) atoms. The Morgan fingerprint density at radius 1 is 1.50 bits per heavy atom. The average Bonchev–Trinajstić information content (AvgIpc) is 2.58. The molecule has 1 saturated heterocycles. The average molecular weight is 165 g/mol. The predicted octanol–water partition coefficient (Wildman–Crippen LogP) is 1.97. The zero-order valence-electron chi connectivity index (χ0n) is 7.68. The van der Waals surface area contributed by atoms with E-state index in [4.69, 9.17) is 4.42 Å². The van der Waals surface area contributed by atoms with E-state index in [2.05, 4.69) is 18.3 Å². The highest BCUT2D eigenvalue weighted by Crippen LogP contribution is 2.27. The largest absolute Gasteiger partial charge is 0.466 e. The summed E-state index contributed by atoms with van der Waals surface area (Å²) >= 11 is 0. The third-order valence-electron chi connectivity index (χ3n) is 2.51. The van der Waals surface area contributed by atoms with E-state index < -0.39 is 0 Å². The molecule has 0 radical (unpaired) electrons. The van der Waals surface area contributed by atoms with Crippen LogP contribution in [0.3, 0.4) is 0 Å². The third kappa shape index (κ3) is 1.27. The minimum atomic E-state index is 0.610. The quantitative estimate of drug-likeness (QED) is 0.688. The van der Waals surface area contributed by atoms with Gasteiger partial charge in [0.2, 0.25) is 0 Å². The van der Waals surface area contributed by atoms with Crippen LogP contribution in [-0.4, -0.2) is 13.1 Å². The fourth-order valence-electron chi connectivity index (χ4n) is 1.94. The first-order valence-electron chi connectivity index (χ1n) is 4.55. The molecular weight excluding hydrogens is 150 g/mol. The Morgan fingerprint density at radius 2 is 2.33 bits per heavy atom. The van der Waals surface area contributed by atoms with Crippen LogP contribution in [0.25, 0.3) is 0 Å². The number of rotatable bonds is 1. The van der Waals surface area contributed by atoms with Crippen molar-refractivity contribution in [3.05, 3.63) is 23.2 Å². The van der Waals surface area contributed by atoms with Crippen LogP contribution in [0.2, 0.25) is 0 Å². The molecule has 1 N–H and O–H groups in total. The molecule has 1 aliphatic rings. The van der Waals surface area contributed by atoms with Crippen LogP contribution in [0.1, 0.15) is 29.4 Å². The van der Waals surface area contributed by atoms with Crippen molar-refractivity contribution in [2.75, 3.05) is 13.1 Å². The van der Waals surface area contributed by atoms with Crippen molar-refractivity contribution in [3.8, 4) is 0 Å². The van der Waals surface area contributed by atoms with Crippen LogP contribution in [0.4, 0.5) is 0 Å². The molecule has 2 heteroatoms. The second kappa shape index (κ2) is 2.94. The van der Waals surface area contributed by atoms with Gasteiger partial charge in [-0.3, -0.25) is 0 Å². The van der Waals surface area contributed by atoms with Gasteiger partial charge < -0.3 is 9.73 Å². The van der Waals surface area contributed by atoms with Crippen LogP contribution < -0.4 is 5.32 Å². The predicted molar refractivity (Wildman–Crippen MR) is 48.4 cm³/mol. The topological polar surface area (TPSA) is 25.2 Å². The Kier molecular flexibility index (Phi) is 1.93. The lowest BCUT2D eigenvalue weighted by atomic mass is 10.0. The zero-order chi connectivity index (χ0) is 8.55. The summed E-state index contributed by atoms with van der Waals surface area (Å²) in [5.74, 6) is 2.84. The fraction of sp³-hybridized carbons (Fsp3) is 0.600. The van der Waals surface area contributed by atoms with Gasteiger partial charge in [-0.25, -0.2) is 0 Å². The first kappa shape index (κ1) is 7.87. The second-order valence-electron chi connectivity index (χ2n) is 3.59. The molecule has 0 saturated carbocycles. The summed E-state index contributed by atoms with van der Waals surface area (Å²) in [6.07, 6.45) is 1.22. The van der Waals surface area contributed by atoms with Crippen LogP contribution in [0, 0.1) is 13.8 Å². The van der Waals surface area contributed by atoms with Crippen molar-refractivity contribution in [3.63, 3.8) is 0 Å². The van der Waals surface area contributed by atoms with E-state index in [-0.39, 0.29) is 0 Å². The van der Waals surface area contributed by atoms with E-state index in [0.29, 0.717) is 5.92 Å². The van der Waals surface area contributed by atoms with Gasteiger partial charge in [-0.2, -0.15) is 0 Å². The summed E-state index contributed by atoms with van der Waals surface area (Å²) in [6.45, 7) is 6.35. The molecule has 0 bridgehead atoms. The van der Waals surface area contributed by atoms with E-state index >= 15 is 0 Å². The number of hydrogen-bond donors (Lipinski definition) is 1. The maximum atomic E-state index is 5.66. The highest BCUT2D eigenvalue weighted by Gasteiger charge is 2.21. The molecule has 0 aromatic carbocycles. The first-order chi connectivity index (χ1) is 5.77. The molecule has 1 fully saturated rings. The summed E-state index contributed by atoms with van der Waals surface area (Å²) in [5.41, 5.74) is 1.31. The van der Waals surface area contributed by atoms with Crippen LogP contribution in [-0.2, 0) is 0 Å². The van der Waals surface area contributed by atoms with Gasteiger partial charge in [0.1, 0.15) is 11.5 Å². The van der Waals surface area contributed by atoms with Gasteiger partial charge in [0.05, 0.1) is 0 Å². The van der Waals surface area contributed by atoms with Crippen molar-refractivity contribution < 1.29 is 4.42 Å². The standard InChI is InChI=1S/C10H15NO/c1-7-5-8(2)12-10(7)9-3-4-11-6-9/h5,9,11H,3-4,6H2,1-2H3.